The van der Waals surface area contributed by atoms with Crippen LogP contribution in [0.4, 0.5) is 0 Å². The molecule has 0 saturated heterocycles. The van der Waals surface area contributed by atoms with Gasteiger partial charge in [-0.05, 0) is 135 Å². The lowest BCUT2D eigenvalue weighted by Gasteiger charge is -2.71. The minimum Gasteiger partial charge on any atom is -0.394 e. The molecule has 0 heterocycles. The number of carbonyl (C=O) groups excluding carboxylic acids is 1. The fourth-order valence-electron chi connectivity index (χ4n) is 16.1. The zero-order valence-electron chi connectivity index (χ0n) is 33.1. The predicted octanol–water partition coefficient (Wildman–Crippen LogP) is 8.00. The SMILES string of the molecule is C[C@]12CC[C@H]3[C@]4(C=C[C@@]5(C=C4C(=O)c4ccc(-c6ccccc6)cc4)CC(O)CC[C@]35C)[C@@H]1CC[C@@]2(O)CN(C[C@H](O)CO)CC12CC3CC(CC(C3)C1)C2. The van der Waals surface area contributed by atoms with Crippen molar-refractivity contribution in [1.29, 1.82) is 0 Å². The third-order valence-electron chi connectivity index (χ3n) is 18.1. The second-order valence-corrected chi connectivity index (χ2v) is 21.0. The number of Topliss-reactive ketones (excluding diaryl/α,β-unsaturated/α-hetero) is 1. The van der Waals surface area contributed by atoms with Crippen LogP contribution in [0.5, 0.6) is 0 Å². The molecule has 4 N–H and O–H groups in total. The Balaban J connectivity index is 1.01. The Morgan fingerprint density at radius 3 is 2.07 bits per heavy atom. The van der Waals surface area contributed by atoms with Gasteiger partial charge in [-0.1, -0.05) is 86.7 Å². The van der Waals surface area contributed by atoms with E-state index < -0.39 is 22.5 Å². The minimum absolute atomic E-state index is 0.0740. The number of fused-ring (bicyclic) bond motifs is 1. The highest BCUT2D eigenvalue weighted by Crippen LogP contribution is 2.78. The van der Waals surface area contributed by atoms with Gasteiger partial charge in [0.25, 0.3) is 0 Å². The zero-order valence-corrected chi connectivity index (χ0v) is 33.1. The molecule has 6 heteroatoms. The number of hydrogen-bond donors (Lipinski definition) is 4. The van der Waals surface area contributed by atoms with Crippen molar-refractivity contribution in [3.05, 3.63) is 84.0 Å². The Labute approximate surface area is 328 Å². The highest BCUT2D eigenvalue weighted by atomic mass is 16.3. The van der Waals surface area contributed by atoms with Crippen LogP contribution in [0.25, 0.3) is 11.1 Å². The number of aliphatic hydroxyl groups excluding tert-OH is 3. The maximum atomic E-state index is 15.2. The second kappa shape index (κ2) is 12.7. The summed E-state index contributed by atoms with van der Waals surface area (Å²) in [5, 5.41) is 45.4. The molecule has 7 saturated carbocycles. The van der Waals surface area contributed by atoms with Crippen LogP contribution in [0, 0.1) is 56.7 Å². The highest BCUT2D eigenvalue weighted by Gasteiger charge is 2.74. The van der Waals surface area contributed by atoms with E-state index in [1.807, 2.05) is 30.3 Å². The van der Waals surface area contributed by atoms with E-state index in [-0.39, 0.29) is 46.6 Å². The Morgan fingerprint density at radius 1 is 0.782 bits per heavy atom. The van der Waals surface area contributed by atoms with Crippen LogP contribution in [-0.4, -0.2) is 75.2 Å². The van der Waals surface area contributed by atoms with Crippen molar-refractivity contribution >= 4 is 5.78 Å². The van der Waals surface area contributed by atoms with E-state index in [4.69, 9.17) is 0 Å². The van der Waals surface area contributed by atoms with Gasteiger partial charge < -0.3 is 20.4 Å². The van der Waals surface area contributed by atoms with Crippen molar-refractivity contribution in [3.8, 4) is 11.1 Å². The summed E-state index contributed by atoms with van der Waals surface area (Å²) in [5.41, 5.74) is 1.64. The summed E-state index contributed by atoms with van der Waals surface area (Å²) < 4.78 is 0. The molecular weight excluding hydrogens is 683 g/mol. The van der Waals surface area contributed by atoms with Gasteiger partial charge in [-0.15, -0.1) is 0 Å². The fraction of sp³-hybridized carbons (Fsp3) is 0.653. The van der Waals surface area contributed by atoms with E-state index >= 15 is 4.79 Å². The van der Waals surface area contributed by atoms with Gasteiger partial charge in [0.05, 0.1) is 24.4 Å². The number of benzene rings is 2. The Kier molecular flexibility index (Phi) is 8.47. The molecule has 2 aromatic rings. The van der Waals surface area contributed by atoms with Gasteiger partial charge in [0.15, 0.2) is 5.78 Å². The van der Waals surface area contributed by atoms with Gasteiger partial charge in [0, 0.05) is 47.0 Å². The third kappa shape index (κ3) is 5.33. The third-order valence-corrected chi connectivity index (χ3v) is 18.1. The average Bonchev–Trinajstić information content (AvgIpc) is 3.43. The highest BCUT2D eigenvalue weighted by molar-refractivity contribution is 6.10. The number of aliphatic hydroxyl groups is 4. The zero-order chi connectivity index (χ0) is 38.0. The summed E-state index contributed by atoms with van der Waals surface area (Å²) in [7, 11) is 0. The maximum Gasteiger partial charge on any atom is 0.189 e. The summed E-state index contributed by atoms with van der Waals surface area (Å²) in [6, 6.07) is 18.4. The lowest BCUT2D eigenvalue weighted by Crippen LogP contribution is -2.67. The van der Waals surface area contributed by atoms with E-state index in [0.29, 0.717) is 31.5 Å². The molecular formula is C49H63NO5. The fourth-order valence-corrected chi connectivity index (χ4v) is 16.1. The van der Waals surface area contributed by atoms with Crippen LogP contribution in [0.1, 0.15) is 108 Å². The van der Waals surface area contributed by atoms with Crippen molar-refractivity contribution in [1.82, 2.24) is 4.90 Å². The first-order valence-corrected chi connectivity index (χ1v) is 21.9. The maximum absolute atomic E-state index is 15.2. The molecule has 6 bridgehead atoms. The Morgan fingerprint density at radius 2 is 1.40 bits per heavy atom. The van der Waals surface area contributed by atoms with Crippen molar-refractivity contribution in [2.75, 3.05) is 26.2 Å². The molecule has 0 radical (unpaired) electrons. The minimum atomic E-state index is -0.996. The van der Waals surface area contributed by atoms with Gasteiger partial charge in [-0.25, -0.2) is 0 Å². The smallest absolute Gasteiger partial charge is 0.189 e. The molecule has 2 aromatic carbocycles. The monoisotopic (exact) mass is 745 g/mol. The molecule has 7 fully saturated rings. The molecule has 9 atom stereocenters. The summed E-state index contributed by atoms with van der Waals surface area (Å²) >= 11 is 0. The van der Waals surface area contributed by atoms with Crippen LogP contribution in [0.15, 0.2) is 78.4 Å². The summed E-state index contributed by atoms with van der Waals surface area (Å²) in [4.78, 5) is 17.6. The van der Waals surface area contributed by atoms with Gasteiger partial charge >= 0.3 is 0 Å². The summed E-state index contributed by atoms with van der Waals surface area (Å²) in [5.74, 6) is 2.85. The lowest BCUT2D eigenvalue weighted by molar-refractivity contribution is -0.179. The van der Waals surface area contributed by atoms with Crippen molar-refractivity contribution < 1.29 is 25.2 Å². The molecule has 2 spiro atoms. The lowest BCUT2D eigenvalue weighted by atomic mass is 9.32. The average molecular weight is 746 g/mol. The molecule has 55 heavy (non-hydrogen) atoms. The van der Waals surface area contributed by atoms with Crippen LogP contribution >= 0.6 is 0 Å². The van der Waals surface area contributed by atoms with Gasteiger partial charge in [0.2, 0.25) is 0 Å². The first-order chi connectivity index (χ1) is 26.3. The van der Waals surface area contributed by atoms with E-state index in [1.165, 1.54) is 38.5 Å². The van der Waals surface area contributed by atoms with Crippen LogP contribution in [0.3, 0.4) is 0 Å². The topological polar surface area (TPSA) is 101 Å². The largest absolute Gasteiger partial charge is 0.394 e. The number of rotatable bonds is 10. The van der Waals surface area contributed by atoms with E-state index in [1.54, 1.807) is 0 Å². The molecule has 12 rings (SSSR count). The molecule has 10 aliphatic rings. The molecule has 0 aromatic heterocycles. The normalized spacial score (nSPS) is 45.3. The first-order valence-electron chi connectivity index (χ1n) is 21.9. The second-order valence-electron chi connectivity index (χ2n) is 21.0. The van der Waals surface area contributed by atoms with Crippen LogP contribution in [-0.2, 0) is 0 Å². The standard InChI is InChI=1S/C49H63NO5/c1-44-15-12-38(52)26-47(44)18-19-49(40(27-47)43(54)37-10-8-36(9-11-37)35-6-4-3-5-7-35)41(44)13-16-45(2)42(49)14-17-48(45,55)31-50(28-39(53)29-51)30-46-23-32-20-33(24-46)22-34(21-32)25-46/h3-11,18-19,27,32-34,38-39,41-42,51-53,55H,12-17,20-26,28-31H2,1-2H3/t32?,33?,34?,38?,39-,41+,42+,44+,45-,46?,47-,48+,49+/m0/s1. The van der Waals surface area contributed by atoms with Crippen molar-refractivity contribution in [2.45, 2.75) is 115 Å². The van der Waals surface area contributed by atoms with Crippen molar-refractivity contribution in [3.63, 3.8) is 0 Å². The quantitative estimate of drug-likeness (QED) is 0.145. The molecule has 0 amide bonds. The number of ketones is 1. The van der Waals surface area contributed by atoms with Crippen molar-refractivity contribution in [2.24, 2.45) is 56.7 Å². The molecule has 6 nitrogen and oxygen atoms in total. The summed E-state index contributed by atoms with van der Waals surface area (Å²) in [6.45, 7) is 6.25. The molecule has 0 aliphatic heterocycles. The summed E-state index contributed by atoms with van der Waals surface area (Å²) in [6.07, 6.45) is 19.5. The van der Waals surface area contributed by atoms with Gasteiger partial charge in [0.1, 0.15) is 0 Å². The van der Waals surface area contributed by atoms with Gasteiger partial charge in [-0.2, -0.15) is 0 Å². The van der Waals surface area contributed by atoms with Crippen LogP contribution in [0.2, 0.25) is 0 Å². The Bertz CT molecular complexity index is 1850. The first kappa shape index (κ1) is 36.7. The van der Waals surface area contributed by atoms with E-state index in [9.17, 15) is 20.4 Å². The molecule has 294 valence electrons. The predicted molar refractivity (Wildman–Crippen MR) is 215 cm³/mol. The van der Waals surface area contributed by atoms with E-state index in [0.717, 1.165) is 73.1 Å². The molecule has 10 aliphatic carbocycles. The number of carbonyl (C=O) groups is 1. The van der Waals surface area contributed by atoms with Gasteiger partial charge in [-0.3, -0.25) is 9.69 Å². The van der Waals surface area contributed by atoms with Crippen LogP contribution < -0.4 is 0 Å². The number of hydrogen-bond acceptors (Lipinski definition) is 6. The number of nitrogens with zero attached hydrogens (tertiary/aromatic N) is 1. The number of allylic oxidation sites excluding steroid dienone is 4. The Hall–Kier alpha value is -2.61. The van der Waals surface area contributed by atoms with E-state index in [2.05, 4.69) is 61.2 Å². The molecule has 1 unspecified atom stereocenters.